The molecule has 0 amide bonds. The van der Waals surface area contributed by atoms with Crippen molar-refractivity contribution >= 4 is 29.5 Å². The third-order valence-electron chi connectivity index (χ3n) is 3.73. The molecule has 3 rings (SSSR count). The van der Waals surface area contributed by atoms with E-state index in [1.54, 1.807) is 48.5 Å². The zero-order chi connectivity index (χ0) is 20.1. The van der Waals surface area contributed by atoms with Crippen LogP contribution in [-0.2, 0) is 6.18 Å². The number of carbonyl (C=O) groups is 1. The highest BCUT2D eigenvalue weighted by Crippen LogP contribution is 2.30. The van der Waals surface area contributed by atoms with Crippen LogP contribution in [0.2, 0.25) is 5.02 Å². The van der Waals surface area contributed by atoms with Crippen LogP contribution in [0.1, 0.15) is 21.5 Å². The largest absolute Gasteiger partial charge is 0.423 e. The molecule has 3 aromatic carbocycles. The molecule has 0 aliphatic heterocycles. The zero-order valence-corrected chi connectivity index (χ0v) is 15.0. The average molecular weight is 404 g/mol. The fraction of sp³-hybridized carbons (Fsp3) is 0.0476. The number of esters is 1. The van der Waals surface area contributed by atoms with Crippen molar-refractivity contribution in [2.75, 3.05) is 0 Å². The Labute approximate surface area is 164 Å². The van der Waals surface area contributed by atoms with E-state index in [2.05, 4.69) is 4.99 Å². The summed E-state index contributed by atoms with van der Waals surface area (Å²) in [6.07, 6.45) is -2.88. The van der Waals surface area contributed by atoms with Crippen molar-refractivity contribution in [3.8, 4) is 5.75 Å². The molecule has 0 atom stereocenters. The number of carbonyl (C=O) groups excluding carboxylic acids is 1. The van der Waals surface area contributed by atoms with Gasteiger partial charge in [0.05, 0.1) is 16.8 Å². The maximum atomic E-state index is 12.5. The summed E-state index contributed by atoms with van der Waals surface area (Å²) in [7, 11) is 0. The Kier molecular flexibility index (Phi) is 5.80. The predicted octanol–water partition coefficient (Wildman–Crippen LogP) is 6.33. The fourth-order valence-electron chi connectivity index (χ4n) is 2.26. The molecular formula is C21H13ClF3NO2. The summed E-state index contributed by atoms with van der Waals surface area (Å²) in [4.78, 5) is 16.3. The lowest BCUT2D eigenvalue weighted by molar-refractivity contribution is -0.137. The molecule has 142 valence electrons. The lowest BCUT2D eigenvalue weighted by Gasteiger charge is -2.06. The molecule has 0 saturated carbocycles. The lowest BCUT2D eigenvalue weighted by atomic mass is 10.1. The first-order chi connectivity index (χ1) is 13.3. The molecule has 0 aliphatic carbocycles. The first-order valence-electron chi connectivity index (χ1n) is 8.10. The second-order valence-corrected chi connectivity index (χ2v) is 6.20. The highest BCUT2D eigenvalue weighted by molar-refractivity contribution is 6.30. The Morgan fingerprint density at radius 3 is 2.07 bits per heavy atom. The van der Waals surface area contributed by atoms with Gasteiger partial charge in [0.2, 0.25) is 0 Å². The highest BCUT2D eigenvalue weighted by Gasteiger charge is 2.29. The molecule has 28 heavy (non-hydrogen) atoms. The van der Waals surface area contributed by atoms with Gasteiger partial charge in [0.25, 0.3) is 0 Å². The molecule has 0 heterocycles. The molecule has 0 fully saturated rings. The summed E-state index contributed by atoms with van der Waals surface area (Å²) in [5.41, 5.74) is 0.693. The van der Waals surface area contributed by atoms with Gasteiger partial charge in [-0.15, -0.1) is 0 Å². The van der Waals surface area contributed by atoms with Crippen LogP contribution in [0.25, 0.3) is 0 Å². The van der Waals surface area contributed by atoms with Crippen molar-refractivity contribution in [2.45, 2.75) is 6.18 Å². The number of benzene rings is 3. The number of alkyl halides is 3. The molecule has 7 heteroatoms. The van der Waals surface area contributed by atoms with E-state index in [-0.39, 0.29) is 0 Å². The van der Waals surface area contributed by atoms with E-state index in [0.717, 1.165) is 12.1 Å². The molecule has 0 bridgehead atoms. The fourth-order valence-corrected chi connectivity index (χ4v) is 2.39. The SMILES string of the molecule is O=C(Oc1ccc(Cl)cc1)c1ccc(C=Nc2ccc(C(F)(F)F)cc2)cc1. The number of hydrogen-bond acceptors (Lipinski definition) is 3. The molecule has 0 radical (unpaired) electrons. The van der Waals surface area contributed by atoms with E-state index in [1.165, 1.54) is 18.3 Å². The molecule has 3 nitrogen and oxygen atoms in total. The molecule has 0 unspecified atom stereocenters. The number of hydrogen-bond donors (Lipinski definition) is 0. The van der Waals surface area contributed by atoms with Gasteiger partial charge < -0.3 is 4.74 Å². The van der Waals surface area contributed by atoms with Gasteiger partial charge >= 0.3 is 12.1 Å². The van der Waals surface area contributed by atoms with Crippen molar-refractivity contribution in [3.05, 3.63) is 94.5 Å². The molecule has 0 aliphatic rings. The summed E-state index contributed by atoms with van der Waals surface area (Å²) in [6, 6.07) is 17.4. The van der Waals surface area contributed by atoms with Crippen molar-refractivity contribution < 1.29 is 22.7 Å². The number of nitrogens with zero attached hydrogens (tertiary/aromatic N) is 1. The van der Waals surface area contributed by atoms with Crippen LogP contribution in [0.5, 0.6) is 5.75 Å². The van der Waals surface area contributed by atoms with Crippen LogP contribution in [0.3, 0.4) is 0 Å². The third-order valence-corrected chi connectivity index (χ3v) is 3.98. The van der Waals surface area contributed by atoms with Crippen LogP contribution >= 0.6 is 11.6 Å². The summed E-state index contributed by atoms with van der Waals surface area (Å²) >= 11 is 5.78. The maximum Gasteiger partial charge on any atom is 0.416 e. The normalized spacial score (nSPS) is 11.6. The Bertz CT molecular complexity index is 980. The number of ether oxygens (including phenoxy) is 1. The summed E-state index contributed by atoms with van der Waals surface area (Å²) in [6.45, 7) is 0. The van der Waals surface area contributed by atoms with Gasteiger partial charge in [0.1, 0.15) is 5.75 Å². The zero-order valence-electron chi connectivity index (χ0n) is 14.3. The Balaban J connectivity index is 1.64. The second-order valence-electron chi connectivity index (χ2n) is 5.77. The van der Waals surface area contributed by atoms with E-state index in [4.69, 9.17) is 16.3 Å². The van der Waals surface area contributed by atoms with Crippen molar-refractivity contribution in [3.63, 3.8) is 0 Å². The highest BCUT2D eigenvalue weighted by atomic mass is 35.5. The van der Waals surface area contributed by atoms with Crippen LogP contribution in [0.4, 0.5) is 18.9 Å². The lowest BCUT2D eigenvalue weighted by Crippen LogP contribution is -2.08. The molecule has 0 aromatic heterocycles. The van der Waals surface area contributed by atoms with E-state index >= 15 is 0 Å². The number of rotatable bonds is 4. The summed E-state index contributed by atoms with van der Waals surface area (Å²) in [5, 5.41) is 0.538. The van der Waals surface area contributed by atoms with Crippen LogP contribution in [0.15, 0.2) is 77.8 Å². The van der Waals surface area contributed by atoms with Crippen LogP contribution in [0, 0.1) is 0 Å². The van der Waals surface area contributed by atoms with Crippen molar-refractivity contribution in [1.29, 1.82) is 0 Å². The third kappa shape index (κ3) is 5.20. The number of halogens is 4. The summed E-state index contributed by atoms with van der Waals surface area (Å²) in [5.74, 6) is -0.143. The Morgan fingerprint density at radius 2 is 1.50 bits per heavy atom. The summed E-state index contributed by atoms with van der Waals surface area (Å²) < 4.78 is 42.9. The van der Waals surface area contributed by atoms with Gasteiger partial charge in [-0.3, -0.25) is 4.99 Å². The Morgan fingerprint density at radius 1 is 0.893 bits per heavy atom. The molecule has 0 N–H and O–H groups in total. The van der Waals surface area contributed by atoms with Gasteiger partial charge in [-0.2, -0.15) is 13.2 Å². The van der Waals surface area contributed by atoms with E-state index in [1.807, 2.05) is 0 Å². The van der Waals surface area contributed by atoms with Gasteiger partial charge in [-0.05, 0) is 66.2 Å². The van der Waals surface area contributed by atoms with Crippen LogP contribution in [-0.4, -0.2) is 12.2 Å². The standard InChI is InChI=1S/C21H13ClF3NO2/c22-17-7-11-19(12-8-17)28-20(27)15-3-1-14(2-4-15)13-26-18-9-5-16(6-10-18)21(23,24)25/h1-13H. The quantitative estimate of drug-likeness (QED) is 0.290. The first kappa shape index (κ1) is 19.6. The maximum absolute atomic E-state index is 12.5. The Hall–Kier alpha value is -3.12. The minimum atomic E-state index is -4.38. The van der Waals surface area contributed by atoms with Gasteiger partial charge in [0.15, 0.2) is 0 Å². The molecule has 0 spiro atoms. The van der Waals surface area contributed by atoms with Gasteiger partial charge in [-0.25, -0.2) is 4.79 Å². The molecule has 3 aromatic rings. The monoisotopic (exact) mass is 403 g/mol. The van der Waals surface area contributed by atoms with Crippen molar-refractivity contribution in [1.82, 2.24) is 0 Å². The molecule has 0 saturated heterocycles. The van der Waals surface area contributed by atoms with E-state index < -0.39 is 17.7 Å². The second kappa shape index (κ2) is 8.27. The van der Waals surface area contributed by atoms with Crippen LogP contribution < -0.4 is 4.74 Å². The molecular weight excluding hydrogens is 391 g/mol. The first-order valence-corrected chi connectivity index (χ1v) is 8.48. The predicted molar refractivity (Wildman–Crippen MR) is 102 cm³/mol. The van der Waals surface area contributed by atoms with E-state index in [0.29, 0.717) is 27.6 Å². The average Bonchev–Trinajstić information content (AvgIpc) is 2.68. The minimum Gasteiger partial charge on any atom is -0.423 e. The van der Waals surface area contributed by atoms with Crippen molar-refractivity contribution in [2.24, 2.45) is 4.99 Å². The smallest absolute Gasteiger partial charge is 0.416 e. The van der Waals surface area contributed by atoms with Gasteiger partial charge in [-0.1, -0.05) is 23.7 Å². The topological polar surface area (TPSA) is 38.7 Å². The minimum absolute atomic E-state index is 0.349. The van der Waals surface area contributed by atoms with Gasteiger partial charge in [0, 0.05) is 11.2 Å². The van der Waals surface area contributed by atoms with E-state index in [9.17, 15) is 18.0 Å². The number of aliphatic imine (C=N–C) groups is 1.